The number of alkyl halides is 3. The summed E-state index contributed by atoms with van der Waals surface area (Å²) in [6.07, 6.45) is -4.12. The van der Waals surface area contributed by atoms with E-state index in [1.54, 1.807) is 0 Å². The maximum Gasteiger partial charge on any atom is 0.389 e. The highest BCUT2D eigenvalue weighted by Gasteiger charge is 2.25. The van der Waals surface area contributed by atoms with Crippen LogP contribution in [0.5, 0.6) is 0 Å². The van der Waals surface area contributed by atoms with E-state index in [0.717, 1.165) is 0 Å². The van der Waals surface area contributed by atoms with Crippen LogP contribution in [-0.2, 0) is 4.79 Å². The van der Waals surface area contributed by atoms with Crippen molar-refractivity contribution in [3.63, 3.8) is 0 Å². The van der Waals surface area contributed by atoms with Gasteiger partial charge in [0.2, 0.25) is 5.91 Å². The second-order valence-corrected chi connectivity index (χ2v) is 3.31. The van der Waals surface area contributed by atoms with Crippen molar-refractivity contribution in [2.24, 2.45) is 0 Å². The predicted molar refractivity (Wildman–Crippen MR) is 51.5 cm³/mol. The first-order valence-corrected chi connectivity index (χ1v) is 4.94. The van der Waals surface area contributed by atoms with Crippen LogP contribution in [0, 0.1) is 0 Å². The molecule has 90 valence electrons. The highest BCUT2D eigenvalue weighted by molar-refractivity contribution is 5.72. The number of amides is 1. The number of hydrogen-bond donors (Lipinski definition) is 2. The molecule has 0 aromatic rings. The van der Waals surface area contributed by atoms with E-state index in [-0.39, 0.29) is 12.3 Å². The molecular weight excluding hydrogens is 209 g/mol. The van der Waals surface area contributed by atoms with Crippen LogP contribution in [0.25, 0.3) is 0 Å². The number of hydrogen-bond acceptors (Lipinski definition) is 2. The van der Waals surface area contributed by atoms with Gasteiger partial charge < -0.3 is 10.6 Å². The number of unbranched alkanes of at least 4 members (excludes halogenated alkanes) is 1. The van der Waals surface area contributed by atoms with Gasteiger partial charge in [0.05, 0.1) is 0 Å². The topological polar surface area (TPSA) is 41.1 Å². The van der Waals surface area contributed by atoms with E-state index in [4.69, 9.17) is 0 Å². The molecule has 0 heterocycles. The minimum atomic E-state index is -4.05. The fourth-order valence-electron chi connectivity index (χ4n) is 1.03. The average molecular weight is 226 g/mol. The van der Waals surface area contributed by atoms with E-state index >= 15 is 0 Å². The van der Waals surface area contributed by atoms with Gasteiger partial charge in [0.1, 0.15) is 0 Å². The van der Waals surface area contributed by atoms with E-state index < -0.39 is 12.6 Å². The first kappa shape index (κ1) is 14.2. The van der Waals surface area contributed by atoms with Crippen molar-refractivity contribution in [3.8, 4) is 0 Å². The summed E-state index contributed by atoms with van der Waals surface area (Å²) < 4.78 is 35.1. The zero-order valence-electron chi connectivity index (χ0n) is 8.78. The zero-order chi connectivity index (χ0) is 11.7. The number of carbonyl (C=O) groups excluding carboxylic acids is 1. The minimum Gasteiger partial charge on any atom is -0.355 e. The van der Waals surface area contributed by atoms with Gasteiger partial charge in [-0.3, -0.25) is 4.79 Å². The van der Waals surface area contributed by atoms with Gasteiger partial charge >= 0.3 is 6.18 Å². The summed E-state index contributed by atoms with van der Waals surface area (Å²) in [6, 6.07) is 0. The quantitative estimate of drug-likeness (QED) is 0.645. The van der Waals surface area contributed by atoms with Crippen molar-refractivity contribution in [2.75, 3.05) is 19.6 Å². The van der Waals surface area contributed by atoms with Crippen molar-refractivity contribution in [1.29, 1.82) is 0 Å². The summed E-state index contributed by atoms with van der Waals surface area (Å²) >= 11 is 0. The second-order valence-electron chi connectivity index (χ2n) is 3.31. The molecular formula is C9H17F3N2O. The molecule has 0 spiro atoms. The lowest BCUT2D eigenvalue weighted by molar-refractivity contribution is -0.135. The Morgan fingerprint density at radius 1 is 1.13 bits per heavy atom. The Morgan fingerprint density at radius 2 is 1.80 bits per heavy atom. The third-order valence-electron chi connectivity index (χ3n) is 1.74. The number of nitrogens with one attached hydrogen (secondary N) is 2. The van der Waals surface area contributed by atoms with Crippen LogP contribution in [0.2, 0.25) is 0 Å². The van der Waals surface area contributed by atoms with Crippen molar-refractivity contribution in [3.05, 3.63) is 0 Å². The Kier molecular flexibility index (Phi) is 7.11. The summed E-state index contributed by atoms with van der Waals surface area (Å²) in [5, 5.41) is 5.52. The van der Waals surface area contributed by atoms with Gasteiger partial charge in [0.15, 0.2) is 0 Å². The minimum absolute atomic E-state index is 0.103. The van der Waals surface area contributed by atoms with Crippen molar-refractivity contribution >= 4 is 5.91 Å². The largest absolute Gasteiger partial charge is 0.389 e. The Labute approximate surface area is 87.4 Å². The summed E-state index contributed by atoms with van der Waals surface area (Å²) in [5.74, 6) is -0.103. The third-order valence-corrected chi connectivity index (χ3v) is 1.74. The Hall–Kier alpha value is -0.780. The van der Waals surface area contributed by atoms with Crippen LogP contribution in [0.15, 0.2) is 0 Å². The molecule has 0 aliphatic carbocycles. The molecule has 0 aliphatic heterocycles. The SMILES string of the molecule is CC(=O)NCCNCCCCC(F)(F)F. The molecule has 0 rings (SSSR count). The standard InChI is InChI=1S/C9H17F3N2O/c1-8(15)14-7-6-13-5-3-2-4-9(10,11)12/h13H,2-7H2,1H3,(H,14,15). The molecule has 0 aromatic heterocycles. The predicted octanol–water partition coefficient (Wildman–Crippen LogP) is 1.44. The first-order valence-electron chi connectivity index (χ1n) is 4.94. The molecule has 0 atom stereocenters. The van der Waals surface area contributed by atoms with Crippen LogP contribution in [0.3, 0.4) is 0 Å². The van der Waals surface area contributed by atoms with Crippen LogP contribution < -0.4 is 10.6 Å². The van der Waals surface area contributed by atoms with Gasteiger partial charge in [-0.15, -0.1) is 0 Å². The normalized spacial score (nSPS) is 11.5. The van der Waals surface area contributed by atoms with Gasteiger partial charge in [-0.2, -0.15) is 13.2 Å². The van der Waals surface area contributed by atoms with Gasteiger partial charge in [-0.25, -0.2) is 0 Å². The summed E-state index contributed by atoms with van der Waals surface area (Å²) in [7, 11) is 0. The maximum absolute atomic E-state index is 11.7. The molecule has 0 bridgehead atoms. The van der Waals surface area contributed by atoms with E-state index in [1.165, 1.54) is 6.92 Å². The number of halogens is 3. The lowest BCUT2D eigenvalue weighted by Gasteiger charge is -2.07. The van der Waals surface area contributed by atoms with Gasteiger partial charge in [0, 0.05) is 26.4 Å². The second kappa shape index (κ2) is 7.50. The van der Waals surface area contributed by atoms with E-state index in [9.17, 15) is 18.0 Å². The lowest BCUT2D eigenvalue weighted by Crippen LogP contribution is -2.30. The smallest absolute Gasteiger partial charge is 0.355 e. The summed E-state index contributed by atoms with van der Waals surface area (Å²) in [6.45, 7) is 3.07. The van der Waals surface area contributed by atoms with E-state index in [0.29, 0.717) is 26.1 Å². The summed E-state index contributed by atoms with van der Waals surface area (Å²) in [5.41, 5.74) is 0. The van der Waals surface area contributed by atoms with Crippen LogP contribution in [0.1, 0.15) is 26.2 Å². The Bertz CT molecular complexity index is 183. The van der Waals surface area contributed by atoms with Gasteiger partial charge in [-0.05, 0) is 19.4 Å². The Balaban J connectivity index is 3.09. The molecule has 0 aromatic carbocycles. The molecule has 0 saturated carbocycles. The molecule has 3 nitrogen and oxygen atoms in total. The third kappa shape index (κ3) is 13.2. The highest BCUT2D eigenvalue weighted by atomic mass is 19.4. The average Bonchev–Trinajstić information content (AvgIpc) is 2.07. The molecule has 2 N–H and O–H groups in total. The molecule has 0 unspecified atom stereocenters. The fourth-order valence-corrected chi connectivity index (χ4v) is 1.03. The Morgan fingerprint density at radius 3 is 2.33 bits per heavy atom. The number of carbonyl (C=O) groups is 1. The van der Waals surface area contributed by atoms with Gasteiger partial charge in [0.25, 0.3) is 0 Å². The van der Waals surface area contributed by atoms with Crippen molar-refractivity contribution < 1.29 is 18.0 Å². The summed E-state index contributed by atoms with van der Waals surface area (Å²) in [4.78, 5) is 10.4. The monoisotopic (exact) mass is 226 g/mol. The van der Waals surface area contributed by atoms with Crippen molar-refractivity contribution in [1.82, 2.24) is 10.6 Å². The first-order chi connectivity index (χ1) is 6.92. The van der Waals surface area contributed by atoms with E-state index in [1.807, 2.05) is 0 Å². The van der Waals surface area contributed by atoms with E-state index in [2.05, 4.69) is 10.6 Å². The zero-order valence-corrected chi connectivity index (χ0v) is 8.78. The molecule has 0 fully saturated rings. The lowest BCUT2D eigenvalue weighted by atomic mass is 10.2. The fraction of sp³-hybridized carbons (Fsp3) is 0.889. The molecule has 6 heteroatoms. The molecule has 15 heavy (non-hydrogen) atoms. The van der Waals surface area contributed by atoms with Crippen LogP contribution in [0.4, 0.5) is 13.2 Å². The molecule has 0 saturated heterocycles. The molecule has 1 amide bonds. The van der Waals surface area contributed by atoms with Crippen LogP contribution >= 0.6 is 0 Å². The van der Waals surface area contributed by atoms with Crippen molar-refractivity contribution in [2.45, 2.75) is 32.4 Å². The number of rotatable bonds is 7. The highest BCUT2D eigenvalue weighted by Crippen LogP contribution is 2.21. The molecule has 0 aliphatic rings. The van der Waals surface area contributed by atoms with Crippen LogP contribution in [-0.4, -0.2) is 31.7 Å². The molecule has 0 radical (unpaired) electrons. The van der Waals surface area contributed by atoms with Gasteiger partial charge in [-0.1, -0.05) is 0 Å². The maximum atomic E-state index is 11.7.